The smallest absolute Gasteiger partial charge is 0.242 e. The van der Waals surface area contributed by atoms with Crippen LogP contribution in [-0.2, 0) is 4.79 Å². The van der Waals surface area contributed by atoms with Crippen molar-refractivity contribution in [3.63, 3.8) is 0 Å². The first-order chi connectivity index (χ1) is 8.58. The summed E-state index contributed by atoms with van der Waals surface area (Å²) in [5.74, 6) is -0.0291. The lowest BCUT2D eigenvalue weighted by Gasteiger charge is -2.16. The van der Waals surface area contributed by atoms with Gasteiger partial charge in [0.05, 0.1) is 11.6 Å². The van der Waals surface area contributed by atoms with Gasteiger partial charge in [0, 0.05) is 12.2 Å². The number of nitriles is 1. The van der Waals surface area contributed by atoms with Gasteiger partial charge in [0.15, 0.2) is 0 Å². The fourth-order valence-corrected chi connectivity index (χ4v) is 1.55. The van der Waals surface area contributed by atoms with Gasteiger partial charge in [-0.15, -0.1) is 0 Å². The van der Waals surface area contributed by atoms with Gasteiger partial charge in [-0.3, -0.25) is 4.79 Å². The number of carbonyl (C=O) groups is 1. The summed E-state index contributed by atoms with van der Waals surface area (Å²) >= 11 is 0. The summed E-state index contributed by atoms with van der Waals surface area (Å²) in [5.41, 5.74) is 2.43. The van der Waals surface area contributed by atoms with E-state index in [0.29, 0.717) is 12.1 Å². The second kappa shape index (κ2) is 6.65. The molecule has 18 heavy (non-hydrogen) atoms. The Labute approximate surface area is 108 Å². The molecule has 0 aliphatic rings. The third-order valence-corrected chi connectivity index (χ3v) is 2.68. The highest BCUT2D eigenvalue weighted by atomic mass is 16.2. The van der Waals surface area contributed by atoms with E-state index in [9.17, 15) is 4.79 Å². The number of hydrogen-bond donors (Lipinski definition) is 2. The summed E-state index contributed by atoms with van der Waals surface area (Å²) in [7, 11) is 0. The van der Waals surface area contributed by atoms with Crippen LogP contribution in [0.5, 0.6) is 0 Å². The molecular weight excluding hydrogens is 226 g/mol. The van der Waals surface area contributed by atoms with Gasteiger partial charge in [0.1, 0.15) is 6.04 Å². The quantitative estimate of drug-likeness (QED) is 0.835. The molecule has 0 saturated carbocycles. The Kier molecular flexibility index (Phi) is 5.19. The average molecular weight is 245 g/mol. The van der Waals surface area contributed by atoms with Gasteiger partial charge < -0.3 is 10.6 Å². The highest BCUT2D eigenvalue weighted by molar-refractivity contribution is 5.84. The molecule has 1 unspecified atom stereocenters. The molecule has 0 aliphatic heterocycles. The maximum absolute atomic E-state index is 11.7. The topological polar surface area (TPSA) is 64.9 Å². The molecule has 2 N–H and O–H groups in total. The van der Waals surface area contributed by atoms with E-state index < -0.39 is 0 Å². The summed E-state index contributed by atoms with van der Waals surface area (Å²) < 4.78 is 0. The molecule has 4 nitrogen and oxygen atoms in total. The average Bonchev–Trinajstić information content (AvgIpc) is 2.38. The van der Waals surface area contributed by atoms with Crippen LogP contribution >= 0.6 is 0 Å². The van der Waals surface area contributed by atoms with Gasteiger partial charge in [-0.1, -0.05) is 13.0 Å². The van der Waals surface area contributed by atoms with Crippen LogP contribution in [0.1, 0.15) is 31.4 Å². The van der Waals surface area contributed by atoms with Crippen LogP contribution in [-0.4, -0.2) is 18.5 Å². The lowest BCUT2D eigenvalue weighted by molar-refractivity contribution is -0.121. The Bertz CT molecular complexity index is 463. The molecule has 1 aromatic rings. The van der Waals surface area contributed by atoms with E-state index in [-0.39, 0.29) is 11.9 Å². The van der Waals surface area contributed by atoms with E-state index in [2.05, 4.69) is 16.7 Å². The maximum atomic E-state index is 11.7. The molecule has 1 amide bonds. The van der Waals surface area contributed by atoms with E-state index in [0.717, 1.165) is 17.7 Å². The molecule has 0 heterocycles. The Balaban J connectivity index is 2.72. The molecule has 0 bridgehead atoms. The molecule has 0 saturated heterocycles. The van der Waals surface area contributed by atoms with Crippen LogP contribution in [0.25, 0.3) is 0 Å². The molecule has 4 heteroatoms. The Morgan fingerprint density at radius 2 is 2.22 bits per heavy atom. The zero-order valence-electron chi connectivity index (χ0n) is 11.1. The number of hydrogen-bond acceptors (Lipinski definition) is 3. The second-order valence-corrected chi connectivity index (χ2v) is 4.30. The number of anilines is 1. The normalized spacial score (nSPS) is 11.4. The van der Waals surface area contributed by atoms with Crippen LogP contribution in [0.15, 0.2) is 18.2 Å². The fraction of sp³-hybridized carbons (Fsp3) is 0.429. The molecule has 0 fully saturated rings. The van der Waals surface area contributed by atoms with Crippen molar-refractivity contribution < 1.29 is 4.79 Å². The van der Waals surface area contributed by atoms with Crippen molar-refractivity contribution in [2.45, 2.75) is 33.2 Å². The first-order valence-electron chi connectivity index (χ1n) is 6.13. The van der Waals surface area contributed by atoms with Gasteiger partial charge >= 0.3 is 0 Å². The minimum Gasteiger partial charge on any atom is -0.374 e. The lowest BCUT2D eigenvalue weighted by atomic mass is 10.1. The molecule has 0 aliphatic carbocycles. The highest BCUT2D eigenvalue weighted by Gasteiger charge is 2.12. The minimum atomic E-state index is -0.316. The SMILES string of the molecule is CCCNC(=O)C(C)Nc1cc(C#N)ccc1C. The van der Waals surface area contributed by atoms with Crippen LogP contribution in [0.3, 0.4) is 0 Å². The minimum absolute atomic E-state index is 0.0291. The van der Waals surface area contributed by atoms with Crippen molar-refractivity contribution >= 4 is 11.6 Å². The summed E-state index contributed by atoms with van der Waals surface area (Å²) in [4.78, 5) is 11.7. The van der Waals surface area contributed by atoms with Gasteiger partial charge in [-0.2, -0.15) is 5.26 Å². The standard InChI is InChI=1S/C14H19N3O/c1-4-7-16-14(18)11(3)17-13-8-12(9-15)6-5-10(13)2/h5-6,8,11,17H,4,7H2,1-3H3,(H,16,18). The van der Waals surface area contributed by atoms with Gasteiger partial charge in [0.25, 0.3) is 0 Å². The highest BCUT2D eigenvalue weighted by Crippen LogP contribution is 2.17. The summed E-state index contributed by atoms with van der Waals surface area (Å²) in [6.45, 7) is 6.45. The number of amides is 1. The second-order valence-electron chi connectivity index (χ2n) is 4.30. The van der Waals surface area contributed by atoms with Crippen molar-refractivity contribution in [2.75, 3.05) is 11.9 Å². The molecule has 1 atom stereocenters. The molecule has 96 valence electrons. The van der Waals surface area contributed by atoms with Crippen LogP contribution in [0.2, 0.25) is 0 Å². The van der Waals surface area contributed by atoms with Crippen LogP contribution in [0.4, 0.5) is 5.69 Å². The van der Waals surface area contributed by atoms with Crippen LogP contribution < -0.4 is 10.6 Å². The van der Waals surface area contributed by atoms with Gasteiger partial charge in [-0.05, 0) is 38.0 Å². The van der Waals surface area contributed by atoms with Crippen LogP contribution in [0, 0.1) is 18.3 Å². The van der Waals surface area contributed by atoms with Crippen molar-refractivity contribution in [1.29, 1.82) is 5.26 Å². The fourth-order valence-electron chi connectivity index (χ4n) is 1.55. The monoisotopic (exact) mass is 245 g/mol. The lowest BCUT2D eigenvalue weighted by Crippen LogP contribution is -2.38. The van der Waals surface area contributed by atoms with E-state index in [1.165, 1.54) is 0 Å². The Morgan fingerprint density at radius 3 is 2.83 bits per heavy atom. The molecular formula is C14H19N3O. The van der Waals surface area contributed by atoms with Crippen molar-refractivity contribution in [3.05, 3.63) is 29.3 Å². The summed E-state index contributed by atoms with van der Waals surface area (Å²) in [6.07, 6.45) is 0.918. The number of benzene rings is 1. The molecule has 1 aromatic carbocycles. The number of rotatable bonds is 5. The summed E-state index contributed by atoms with van der Waals surface area (Å²) in [5, 5.41) is 14.8. The van der Waals surface area contributed by atoms with E-state index in [1.54, 1.807) is 12.1 Å². The predicted octanol–water partition coefficient (Wildman–Crippen LogP) is 2.19. The van der Waals surface area contributed by atoms with E-state index >= 15 is 0 Å². The Hall–Kier alpha value is -2.02. The molecule has 1 rings (SSSR count). The van der Waals surface area contributed by atoms with E-state index in [4.69, 9.17) is 5.26 Å². The maximum Gasteiger partial charge on any atom is 0.242 e. The van der Waals surface area contributed by atoms with E-state index in [1.807, 2.05) is 26.8 Å². The van der Waals surface area contributed by atoms with Crippen molar-refractivity contribution in [3.8, 4) is 6.07 Å². The molecule has 0 spiro atoms. The first-order valence-corrected chi connectivity index (χ1v) is 6.13. The van der Waals surface area contributed by atoms with Crippen molar-refractivity contribution in [2.24, 2.45) is 0 Å². The molecule has 0 radical (unpaired) electrons. The largest absolute Gasteiger partial charge is 0.374 e. The number of carbonyl (C=O) groups excluding carboxylic acids is 1. The number of aryl methyl sites for hydroxylation is 1. The zero-order chi connectivity index (χ0) is 13.5. The van der Waals surface area contributed by atoms with Gasteiger partial charge in [0.2, 0.25) is 5.91 Å². The van der Waals surface area contributed by atoms with Crippen molar-refractivity contribution in [1.82, 2.24) is 5.32 Å². The third kappa shape index (κ3) is 3.77. The number of nitrogens with one attached hydrogen (secondary N) is 2. The zero-order valence-corrected chi connectivity index (χ0v) is 11.1. The first kappa shape index (κ1) is 14.0. The third-order valence-electron chi connectivity index (χ3n) is 2.68. The van der Waals surface area contributed by atoms with Gasteiger partial charge in [-0.25, -0.2) is 0 Å². The summed E-state index contributed by atoms with van der Waals surface area (Å²) in [6, 6.07) is 7.18. The Morgan fingerprint density at radius 1 is 1.50 bits per heavy atom. The molecule has 0 aromatic heterocycles. The number of nitrogens with zero attached hydrogens (tertiary/aromatic N) is 1. The predicted molar refractivity (Wildman–Crippen MR) is 72.3 cm³/mol.